The van der Waals surface area contributed by atoms with E-state index < -0.39 is 29.8 Å². The first-order valence-electron chi connectivity index (χ1n) is 10.9. The topological polar surface area (TPSA) is 104 Å². The molecule has 0 amide bonds. The average Bonchev–Trinajstić information content (AvgIpc) is 3.28. The van der Waals surface area contributed by atoms with Gasteiger partial charge in [-0.25, -0.2) is 0 Å². The molecule has 2 aliphatic rings. The van der Waals surface area contributed by atoms with Crippen LogP contribution in [0.3, 0.4) is 0 Å². The molecule has 10 heteroatoms. The van der Waals surface area contributed by atoms with E-state index in [0.717, 1.165) is 0 Å². The van der Waals surface area contributed by atoms with Crippen LogP contribution in [0.1, 0.15) is 19.4 Å². The molecule has 2 aliphatic heterocycles. The number of hydrogen-bond acceptors (Lipinski definition) is 8. The summed E-state index contributed by atoms with van der Waals surface area (Å²) in [4.78, 5) is 15.3. The Morgan fingerprint density at radius 1 is 1.09 bits per heavy atom. The molecule has 0 radical (unpaired) electrons. The molecule has 5 rings (SSSR count). The molecule has 0 saturated carbocycles. The number of methoxy groups -OCH3 is 1. The van der Waals surface area contributed by atoms with Crippen LogP contribution in [-0.2, 0) is 18.9 Å². The van der Waals surface area contributed by atoms with Crippen molar-refractivity contribution in [2.45, 2.75) is 38.1 Å². The third-order valence-electron chi connectivity index (χ3n) is 5.65. The minimum Gasteiger partial charge on any atom is -0.494 e. The number of para-hydroxylation sites is 1. The molecular weight excluding hydrogens is 472 g/mol. The minimum atomic E-state index is -0.819. The summed E-state index contributed by atoms with van der Waals surface area (Å²) in [5, 5.41) is 11.1. The molecule has 3 atom stereocenters. The van der Waals surface area contributed by atoms with E-state index in [1.165, 1.54) is 17.8 Å². The van der Waals surface area contributed by atoms with Crippen LogP contribution in [0, 0.1) is 4.77 Å². The van der Waals surface area contributed by atoms with Crippen molar-refractivity contribution in [3.63, 3.8) is 0 Å². The Balaban J connectivity index is 1.47. The maximum atomic E-state index is 12.7. The molecule has 1 aromatic heterocycles. The number of nitrogens with zero attached hydrogens (tertiary/aromatic N) is 1. The van der Waals surface area contributed by atoms with Gasteiger partial charge in [-0.2, -0.15) is 0 Å². The number of aromatic amines is 1. The molecule has 3 heterocycles. The zero-order chi connectivity index (χ0) is 24.7. The second-order valence-corrected chi connectivity index (χ2v) is 8.92. The Morgan fingerprint density at radius 3 is 2.46 bits per heavy atom. The number of nitrogens with one attached hydrogen (secondary N) is 1. The van der Waals surface area contributed by atoms with Gasteiger partial charge in [0.15, 0.2) is 16.7 Å². The van der Waals surface area contributed by atoms with E-state index >= 15 is 0 Å². The summed E-state index contributed by atoms with van der Waals surface area (Å²) >= 11 is 5.33. The standard InChI is InChI=1S/C25H24N2O7S/c1-25(2)33-20-19(30-3)18(32-23(20)34-25)13-17-21(28)26-24(35)27(22(17)29)14-9-11-16(12-10-14)31-15-7-5-4-6-8-15/h4-13,19-20,23,29H,1-3H3,(H,26,28,35)/t19-,20+,23+/m0/s1. The van der Waals surface area contributed by atoms with Gasteiger partial charge < -0.3 is 28.8 Å². The summed E-state index contributed by atoms with van der Waals surface area (Å²) in [6.45, 7) is 3.56. The van der Waals surface area contributed by atoms with Gasteiger partial charge >= 0.3 is 0 Å². The van der Waals surface area contributed by atoms with Crippen molar-refractivity contribution in [2.75, 3.05) is 7.11 Å². The SMILES string of the molecule is CO[C@H]1C(=Cc2c(O)n(-c3ccc(Oc4ccccc4)cc3)c(=S)[nH]c2=O)O[C@@H]2OC(C)(C)O[C@@H]21. The van der Waals surface area contributed by atoms with Crippen LogP contribution < -0.4 is 10.3 Å². The van der Waals surface area contributed by atoms with Crippen LogP contribution in [0.15, 0.2) is 65.2 Å². The third-order valence-corrected chi connectivity index (χ3v) is 5.94. The smallest absolute Gasteiger partial charge is 0.262 e. The molecule has 0 bridgehead atoms. The number of H-pyrrole nitrogens is 1. The van der Waals surface area contributed by atoms with Crippen molar-refractivity contribution < 1.29 is 28.8 Å². The second kappa shape index (κ2) is 8.97. The van der Waals surface area contributed by atoms with Crippen LogP contribution in [0.25, 0.3) is 11.8 Å². The van der Waals surface area contributed by atoms with Gasteiger partial charge in [0.2, 0.25) is 12.2 Å². The summed E-state index contributed by atoms with van der Waals surface area (Å²) in [5.74, 6) is 0.438. The fourth-order valence-electron chi connectivity index (χ4n) is 4.12. The van der Waals surface area contributed by atoms with Crippen molar-refractivity contribution in [1.29, 1.82) is 0 Å². The first kappa shape index (κ1) is 23.3. The number of fused-ring (bicyclic) bond motifs is 1. The van der Waals surface area contributed by atoms with Crippen molar-refractivity contribution in [3.05, 3.63) is 81.0 Å². The van der Waals surface area contributed by atoms with E-state index in [4.69, 9.17) is 35.9 Å². The van der Waals surface area contributed by atoms with Gasteiger partial charge in [0.25, 0.3) is 5.56 Å². The predicted molar refractivity (Wildman–Crippen MR) is 129 cm³/mol. The highest BCUT2D eigenvalue weighted by molar-refractivity contribution is 7.71. The normalized spacial score (nSPS) is 23.7. The number of aromatic nitrogens is 2. The van der Waals surface area contributed by atoms with Crippen molar-refractivity contribution in [1.82, 2.24) is 9.55 Å². The highest BCUT2D eigenvalue weighted by Gasteiger charge is 2.53. The molecule has 9 nitrogen and oxygen atoms in total. The second-order valence-electron chi connectivity index (χ2n) is 8.53. The minimum absolute atomic E-state index is 0.0345. The number of rotatable bonds is 5. The maximum absolute atomic E-state index is 12.7. The van der Waals surface area contributed by atoms with E-state index in [1.807, 2.05) is 30.3 Å². The van der Waals surface area contributed by atoms with Gasteiger partial charge in [0.05, 0.1) is 5.69 Å². The lowest BCUT2D eigenvalue weighted by molar-refractivity contribution is -0.189. The van der Waals surface area contributed by atoms with Crippen molar-refractivity contribution in [3.8, 4) is 23.1 Å². The third kappa shape index (κ3) is 4.48. The molecular formula is C25H24N2O7S. The maximum Gasteiger partial charge on any atom is 0.262 e. The first-order valence-corrected chi connectivity index (χ1v) is 11.3. The fourth-order valence-corrected chi connectivity index (χ4v) is 4.41. The molecule has 2 aromatic carbocycles. The molecule has 0 aliphatic carbocycles. The number of benzene rings is 2. The van der Waals surface area contributed by atoms with E-state index in [1.54, 1.807) is 38.1 Å². The highest BCUT2D eigenvalue weighted by Crippen LogP contribution is 2.41. The van der Waals surface area contributed by atoms with E-state index in [2.05, 4.69) is 4.98 Å². The lowest BCUT2D eigenvalue weighted by atomic mass is 10.1. The molecule has 0 unspecified atom stereocenters. The Kier molecular flexibility index (Phi) is 5.97. The molecule has 35 heavy (non-hydrogen) atoms. The van der Waals surface area contributed by atoms with Gasteiger partial charge in [-0.3, -0.25) is 14.3 Å². The summed E-state index contributed by atoms with van der Waals surface area (Å²) in [6, 6.07) is 16.3. The molecule has 2 N–H and O–H groups in total. The Bertz CT molecular complexity index is 1380. The van der Waals surface area contributed by atoms with Crippen molar-refractivity contribution in [2.24, 2.45) is 0 Å². The quantitative estimate of drug-likeness (QED) is 0.505. The zero-order valence-electron chi connectivity index (χ0n) is 19.3. The van der Waals surface area contributed by atoms with Crippen LogP contribution in [-0.4, -0.2) is 46.1 Å². The zero-order valence-corrected chi connectivity index (χ0v) is 20.1. The molecule has 2 fully saturated rings. The Labute approximate surface area is 206 Å². The highest BCUT2D eigenvalue weighted by atomic mass is 32.1. The van der Waals surface area contributed by atoms with Gasteiger partial charge in [-0.1, -0.05) is 18.2 Å². The summed E-state index contributed by atoms with van der Waals surface area (Å²) < 4.78 is 30.2. The van der Waals surface area contributed by atoms with Gasteiger partial charge in [0, 0.05) is 7.11 Å². The lowest BCUT2D eigenvalue weighted by Gasteiger charge is -2.21. The number of hydrogen-bond donors (Lipinski definition) is 2. The molecule has 3 aromatic rings. The average molecular weight is 497 g/mol. The Hall–Kier alpha value is -3.44. The molecule has 2 saturated heterocycles. The monoisotopic (exact) mass is 496 g/mol. The predicted octanol–water partition coefficient (Wildman–Crippen LogP) is 4.26. The fraction of sp³-hybridized carbons (Fsp3) is 0.280. The van der Waals surface area contributed by atoms with Crippen LogP contribution in [0.5, 0.6) is 17.4 Å². The summed E-state index contributed by atoms with van der Waals surface area (Å²) in [6.07, 6.45) is -0.403. The van der Waals surface area contributed by atoms with Crippen molar-refractivity contribution >= 4 is 18.3 Å². The Morgan fingerprint density at radius 2 is 1.77 bits per heavy atom. The van der Waals surface area contributed by atoms with E-state index in [-0.39, 0.29) is 16.2 Å². The van der Waals surface area contributed by atoms with E-state index in [0.29, 0.717) is 22.9 Å². The number of ether oxygens (including phenoxy) is 5. The summed E-state index contributed by atoms with van der Waals surface area (Å²) in [7, 11) is 1.51. The largest absolute Gasteiger partial charge is 0.494 e. The van der Waals surface area contributed by atoms with Crippen LogP contribution in [0.2, 0.25) is 0 Å². The van der Waals surface area contributed by atoms with Crippen LogP contribution >= 0.6 is 12.2 Å². The van der Waals surface area contributed by atoms with Gasteiger partial charge in [-0.15, -0.1) is 0 Å². The summed E-state index contributed by atoms with van der Waals surface area (Å²) in [5.41, 5.74) is -0.0813. The van der Waals surface area contributed by atoms with Gasteiger partial charge in [-0.05, 0) is 68.5 Å². The van der Waals surface area contributed by atoms with E-state index in [9.17, 15) is 9.90 Å². The first-order chi connectivity index (χ1) is 16.8. The lowest BCUT2D eigenvalue weighted by Crippen LogP contribution is -2.30. The number of aromatic hydroxyl groups is 1. The molecule has 0 spiro atoms. The van der Waals surface area contributed by atoms with Crippen LogP contribution in [0.4, 0.5) is 0 Å². The van der Waals surface area contributed by atoms with Gasteiger partial charge in [0.1, 0.15) is 28.9 Å². The molecule has 182 valence electrons.